The van der Waals surface area contributed by atoms with Crippen molar-refractivity contribution in [2.24, 2.45) is 5.92 Å². The lowest BCUT2D eigenvalue weighted by Crippen LogP contribution is -2.44. The van der Waals surface area contributed by atoms with Crippen molar-refractivity contribution in [2.75, 3.05) is 24.5 Å². The number of amides is 1. The lowest BCUT2D eigenvalue weighted by molar-refractivity contribution is -0.137. The monoisotopic (exact) mass is 360 g/mol. The average Bonchev–Trinajstić information content (AvgIpc) is 3.21. The number of nitrogens with one attached hydrogen (secondary N) is 1. The van der Waals surface area contributed by atoms with E-state index in [1.807, 2.05) is 12.3 Å². The number of H-pyrrole nitrogens is 1. The van der Waals surface area contributed by atoms with Crippen molar-refractivity contribution in [2.45, 2.75) is 25.8 Å². The first-order valence-corrected chi connectivity index (χ1v) is 9.82. The molecule has 5 heteroatoms. The number of pyridine rings is 1. The molecule has 0 radical (unpaired) electrons. The van der Waals surface area contributed by atoms with Crippen LogP contribution in [0.4, 0.5) is 5.82 Å². The van der Waals surface area contributed by atoms with Gasteiger partial charge in [0.15, 0.2) is 0 Å². The first-order valence-electron chi connectivity index (χ1n) is 9.82. The van der Waals surface area contributed by atoms with E-state index in [2.05, 4.69) is 51.2 Å². The van der Waals surface area contributed by atoms with Crippen LogP contribution >= 0.6 is 0 Å². The molecule has 1 fully saturated rings. The molecule has 2 aliphatic heterocycles. The lowest BCUT2D eigenvalue weighted by Gasteiger charge is -2.36. The van der Waals surface area contributed by atoms with Gasteiger partial charge in [-0.25, -0.2) is 4.98 Å². The second-order valence-corrected chi connectivity index (χ2v) is 7.62. The van der Waals surface area contributed by atoms with Gasteiger partial charge in [0.1, 0.15) is 11.5 Å². The molecule has 0 unspecified atom stereocenters. The van der Waals surface area contributed by atoms with E-state index in [4.69, 9.17) is 4.98 Å². The maximum atomic E-state index is 13.0. The van der Waals surface area contributed by atoms with Crippen molar-refractivity contribution in [3.63, 3.8) is 0 Å². The highest BCUT2D eigenvalue weighted by molar-refractivity contribution is 5.80. The molecule has 0 atom stereocenters. The molecule has 2 aromatic heterocycles. The van der Waals surface area contributed by atoms with Gasteiger partial charge in [-0.3, -0.25) is 4.79 Å². The Labute approximate surface area is 159 Å². The largest absolute Gasteiger partial charge is 0.356 e. The molecular weight excluding hydrogens is 336 g/mol. The quantitative estimate of drug-likeness (QED) is 0.762. The van der Waals surface area contributed by atoms with Crippen LogP contribution in [0.25, 0.3) is 11.0 Å². The smallest absolute Gasteiger partial charge is 0.226 e. The molecule has 2 aliphatic rings. The van der Waals surface area contributed by atoms with E-state index in [-0.39, 0.29) is 5.92 Å². The van der Waals surface area contributed by atoms with Gasteiger partial charge < -0.3 is 14.8 Å². The second kappa shape index (κ2) is 6.72. The highest BCUT2D eigenvalue weighted by atomic mass is 16.2. The van der Waals surface area contributed by atoms with E-state index in [1.165, 1.54) is 11.1 Å². The minimum Gasteiger partial charge on any atom is -0.356 e. The summed E-state index contributed by atoms with van der Waals surface area (Å²) in [7, 11) is 0. The van der Waals surface area contributed by atoms with Crippen molar-refractivity contribution in [3.8, 4) is 0 Å². The van der Waals surface area contributed by atoms with E-state index in [9.17, 15) is 4.79 Å². The number of piperidine rings is 1. The van der Waals surface area contributed by atoms with Crippen molar-refractivity contribution >= 4 is 22.8 Å². The Morgan fingerprint density at radius 1 is 1.00 bits per heavy atom. The number of fused-ring (bicyclic) bond motifs is 2. The summed E-state index contributed by atoms with van der Waals surface area (Å²) in [5, 5.41) is 1.13. The molecule has 138 valence electrons. The minimum absolute atomic E-state index is 0.140. The second-order valence-electron chi connectivity index (χ2n) is 7.62. The standard InChI is InChI=1S/C22H24N4O/c27-22(26-14-8-16-3-1-2-4-19(16)15-26)18-9-12-25(13-10-18)20-6-5-17-7-11-23-21(17)24-20/h1-7,11,18H,8-10,12-15H2,(H,23,24). The molecule has 4 heterocycles. The number of hydrogen-bond acceptors (Lipinski definition) is 3. The predicted octanol–water partition coefficient (Wildman–Crippen LogP) is 3.36. The van der Waals surface area contributed by atoms with Gasteiger partial charge >= 0.3 is 0 Å². The van der Waals surface area contributed by atoms with Crippen LogP contribution in [-0.4, -0.2) is 40.4 Å². The summed E-state index contributed by atoms with van der Waals surface area (Å²) in [6.45, 7) is 3.39. The van der Waals surface area contributed by atoms with Crippen LogP contribution in [0.2, 0.25) is 0 Å². The highest BCUT2D eigenvalue weighted by Gasteiger charge is 2.30. The summed E-state index contributed by atoms with van der Waals surface area (Å²) in [4.78, 5) is 25.3. The number of aromatic amines is 1. The maximum Gasteiger partial charge on any atom is 0.226 e. The zero-order chi connectivity index (χ0) is 18.2. The summed E-state index contributed by atoms with van der Waals surface area (Å²) >= 11 is 0. The first kappa shape index (κ1) is 16.4. The number of aromatic nitrogens is 2. The predicted molar refractivity (Wildman–Crippen MR) is 107 cm³/mol. The number of anilines is 1. The van der Waals surface area contributed by atoms with Gasteiger partial charge in [0.05, 0.1) is 0 Å². The van der Waals surface area contributed by atoms with Crippen LogP contribution in [-0.2, 0) is 17.8 Å². The Balaban J connectivity index is 1.23. The molecule has 27 heavy (non-hydrogen) atoms. The van der Waals surface area contributed by atoms with Crippen LogP contribution in [0.3, 0.4) is 0 Å². The van der Waals surface area contributed by atoms with Crippen LogP contribution in [0.5, 0.6) is 0 Å². The molecule has 3 aromatic rings. The summed E-state index contributed by atoms with van der Waals surface area (Å²) < 4.78 is 0. The Kier molecular flexibility index (Phi) is 4.07. The molecule has 1 amide bonds. The van der Waals surface area contributed by atoms with Gasteiger partial charge in [-0.2, -0.15) is 0 Å². The zero-order valence-corrected chi connectivity index (χ0v) is 15.4. The van der Waals surface area contributed by atoms with Gasteiger partial charge in [-0.05, 0) is 48.6 Å². The SMILES string of the molecule is O=C(C1CCN(c2ccc3cc[nH]c3n2)CC1)N1CCc2ccccc2C1. The molecule has 0 saturated carbocycles. The Morgan fingerprint density at radius 3 is 2.67 bits per heavy atom. The van der Waals surface area contributed by atoms with Crippen LogP contribution in [0, 0.1) is 5.92 Å². The van der Waals surface area contributed by atoms with Gasteiger partial charge in [-0.1, -0.05) is 24.3 Å². The number of benzene rings is 1. The third-order valence-electron chi connectivity index (χ3n) is 6.01. The fourth-order valence-electron chi connectivity index (χ4n) is 4.39. The summed E-state index contributed by atoms with van der Waals surface area (Å²) in [5.41, 5.74) is 3.62. The van der Waals surface area contributed by atoms with E-state index >= 15 is 0 Å². The summed E-state index contributed by atoms with van der Waals surface area (Å²) in [5.74, 6) is 1.47. The van der Waals surface area contributed by atoms with Gasteiger partial charge in [0.2, 0.25) is 5.91 Å². The normalized spacial score (nSPS) is 17.9. The topological polar surface area (TPSA) is 52.2 Å². The van der Waals surface area contributed by atoms with Gasteiger partial charge in [0.25, 0.3) is 0 Å². The Hall–Kier alpha value is -2.82. The third kappa shape index (κ3) is 3.07. The summed E-state index contributed by atoms with van der Waals surface area (Å²) in [6.07, 6.45) is 4.70. The minimum atomic E-state index is 0.140. The van der Waals surface area contributed by atoms with Gasteiger partial charge in [0, 0.05) is 43.7 Å². The van der Waals surface area contributed by atoms with Crippen molar-refractivity contribution in [1.29, 1.82) is 0 Å². The van der Waals surface area contributed by atoms with Crippen molar-refractivity contribution in [3.05, 3.63) is 59.8 Å². The highest BCUT2D eigenvalue weighted by Crippen LogP contribution is 2.27. The molecular formula is C22H24N4O. The molecule has 0 aliphatic carbocycles. The Bertz CT molecular complexity index is 971. The number of nitrogens with zero attached hydrogens (tertiary/aromatic N) is 3. The third-order valence-corrected chi connectivity index (χ3v) is 6.01. The van der Waals surface area contributed by atoms with Crippen LogP contribution < -0.4 is 4.90 Å². The fraction of sp³-hybridized carbons (Fsp3) is 0.364. The number of rotatable bonds is 2. The number of hydrogen-bond donors (Lipinski definition) is 1. The molecule has 1 N–H and O–H groups in total. The lowest BCUT2D eigenvalue weighted by atomic mass is 9.93. The molecule has 5 nitrogen and oxygen atoms in total. The number of carbonyl (C=O) groups is 1. The van der Waals surface area contributed by atoms with Crippen molar-refractivity contribution in [1.82, 2.24) is 14.9 Å². The van der Waals surface area contributed by atoms with Crippen molar-refractivity contribution < 1.29 is 4.79 Å². The fourth-order valence-corrected chi connectivity index (χ4v) is 4.39. The molecule has 5 rings (SSSR count). The van der Waals surface area contributed by atoms with E-state index < -0.39 is 0 Å². The number of carbonyl (C=O) groups excluding carboxylic acids is 1. The molecule has 0 bridgehead atoms. The maximum absolute atomic E-state index is 13.0. The van der Waals surface area contributed by atoms with Gasteiger partial charge in [-0.15, -0.1) is 0 Å². The average molecular weight is 360 g/mol. The zero-order valence-electron chi connectivity index (χ0n) is 15.4. The summed E-state index contributed by atoms with van der Waals surface area (Å²) in [6, 6.07) is 14.7. The Morgan fingerprint density at radius 2 is 1.81 bits per heavy atom. The molecule has 0 spiro atoms. The van der Waals surface area contributed by atoms with Crippen LogP contribution in [0.1, 0.15) is 24.0 Å². The van der Waals surface area contributed by atoms with Crippen LogP contribution in [0.15, 0.2) is 48.7 Å². The van der Waals surface area contributed by atoms with E-state index in [1.54, 1.807) is 0 Å². The molecule has 1 aromatic carbocycles. The first-order chi connectivity index (χ1) is 13.3. The van der Waals surface area contributed by atoms with E-state index in [0.717, 1.165) is 62.3 Å². The molecule has 1 saturated heterocycles. The van der Waals surface area contributed by atoms with E-state index in [0.29, 0.717) is 5.91 Å².